The van der Waals surface area contributed by atoms with Gasteiger partial charge in [-0.2, -0.15) is 26.7 Å². The van der Waals surface area contributed by atoms with Crippen molar-refractivity contribution in [3.05, 3.63) is 35.9 Å². The zero-order valence-corrected chi connectivity index (χ0v) is 12.4. The Morgan fingerprint density at radius 1 is 1.18 bits per heavy atom. The minimum Gasteiger partial charge on any atom is -0.368 e. The molecule has 22 heavy (non-hydrogen) atoms. The number of nitrogen functional groups attached to an aromatic ring is 2. The lowest BCUT2D eigenvalue weighted by atomic mass is 10.3. The van der Waals surface area contributed by atoms with E-state index in [9.17, 15) is 9.18 Å². The van der Waals surface area contributed by atoms with Gasteiger partial charge in [0.05, 0.1) is 11.4 Å². The summed E-state index contributed by atoms with van der Waals surface area (Å²) in [5.74, 6) is 0.882. The van der Waals surface area contributed by atoms with Gasteiger partial charge in [0.2, 0.25) is 17.8 Å². The molecule has 7 nitrogen and oxygen atoms in total. The second-order valence-corrected chi connectivity index (χ2v) is 5.40. The Hall–Kier alpha value is -2.42. The highest BCUT2D eigenvalue weighted by Crippen LogP contribution is 2.14. The number of benzene rings is 1. The molecule has 1 aromatic heterocycles. The van der Waals surface area contributed by atoms with E-state index in [0.29, 0.717) is 17.3 Å². The van der Waals surface area contributed by atoms with Gasteiger partial charge in [0, 0.05) is 12.2 Å². The number of carbonyl (C=O) groups excluding carboxylic acids is 1. The van der Waals surface area contributed by atoms with Gasteiger partial charge in [-0.1, -0.05) is 12.1 Å². The molecule has 0 aliphatic rings. The fraction of sp³-hybridized carbons (Fsp3) is 0.231. The van der Waals surface area contributed by atoms with E-state index >= 15 is 0 Å². The summed E-state index contributed by atoms with van der Waals surface area (Å²) >= 11 is 1.45. The fourth-order valence-electron chi connectivity index (χ4n) is 1.62. The maximum absolute atomic E-state index is 13.4. The minimum atomic E-state index is -0.459. The van der Waals surface area contributed by atoms with Gasteiger partial charge < -0.3 is 16.8 Å². The van der Waals surface area contributed by atoms with E-state index in [1.807, 2.05) is 0 Å². The zero-order chi connectivity index (χ0) is 15.9. The summed E-state index contributed by atoms with van der Waals surface area (Å²) in [5.41, 5.74) is 11.1. The molecule has 0 unspecified atom stereocenters. The molecule has 0 aliphatic heterocycles. The Kier molecular flexibility index (Phi) is 5.48. The summed E-state index contributed by atoms with van der Waals surface area (Å²) in [4.78, 5) is 23.3. The molecule has 0 spiro atoms. The molecule has 1 aromatic carbocycles. The van der Waals surface area contributed by atoms with Crippen LogP contribution in [0.4, 0.5) is 22.0 Å². The number of para-hydroxylation sites is 1. The number of aromatic nitrogens is 3. The third-order valence-corrected chi connectivity index (χ3v) is 3.52. The fourth-order valence-corrected chi connectivity index (χ4v) is 2.41. The minimum absolute atomic E-state index is 0.0698. The molecule has 1 heterocycles. The van der Waals surface area contributed by atoms with Crippen molar-refractivity contribution in [1.82, 2.24) is 15.0 Å². The first-order chi connectivity index (χ1) is 10.5. The molecule has 0 radical (unpaired) electrons. The third kappa shape index (κ3) is 4.85. The predicted molar refractivity (Wildman–Crippen MR) is 84.5 cm³/mol. The largest absolute Gasteiger partial charge is 0.368 e. The van der Waals surface area contributed by atoms with Crippen LogP contribution >= 0.6 is 11.8 Å². The number of amides is 1. The number of halogens is 1. The summed E-state index contributed by atoms with van der Waals surface area (Å²) in [7, 11) is 0. The normalized spacial score (nSPS) is 10.4. The summed E-state index contributed by atoms with van der Waals surface area (Å²) in [5, 5.41) is 2.52. The van der Waals surface area contributed by atoms with Crippen molar-refractivity contribution in [2.45, 2.75) is 12.2 Å². The summed E-state index contributed by atoms with van der Waals surface area (Å²) in [6.07, 6.45) is 0.245. The van der Waals surface area contributed by atoms with Crippen LogP contribution in [0.3, 0.4) is 0 Å². The van der Waals surface area contributed by atoms with Gasteiger partial charge in [-0.15, -0.1) is 0 Å². The van der Waals surface area contributed by atoms with E-state index < -0.39 is 5.82 Å². The molecule has 5 N–H and O–H groups in total. The van der Waals surface area contributed by atoms with Crippen molar-refractivity contribution >= 4 is 35.3 Å². The number of thioether (sulfide) groups is 1. The van der Waals surface area contributed by atoms with Gasteiger partial charge in [0.15, 0.2) is 0 Å². The first kappa shape index (κ1) is 16.0. The molecule has 0 bridgehead atoms. The van der Waals surface area contributed by atoms with E-state index in [-0.39, 0.29) is 29.9 Å². The summed E-state index contributed by atoms with van der Waals surface area (Å²) in [6, 6.07) is 6.02. The molecule has 0 saturated heterocycles. The van der Waals surface area contributed by atoms with Crippen molar-refractivity contribution in [1.29, 1.82) is 0 Å². The summed E-state index contributed by atoms with van der Waals surface area (Å²) in [6.45, 7) is 0. The summed E-state index contributed by atoms with van der Waals surface area (Å²) < 4.78 is 13.4. The van der Waals surface area contributed by atoms with Crippen LogP contribution < -0.4 is 16.8 Å². The number of hydrogen-bond donors (Lipinski definition) is 3. The Bertz CT molecular complexity index is 648. The molecule has 0 atom stereocenters. The molecule has 0 fully saturated rings. The number of nitrogens with two attached hydrogens (primary N) is 2. The lowest BCUT2D eigenvalue weighted by molar-refractivity contribution is -0.115. The Morgan fingerprint density at radius 3 is 2.55 bits per heavy atom. The Labute approximate surface area is 130 Å². The maximum atomic E-state index is 13.4. The average Bonchev–Trinajstić information content (AvgIpc) is 2.45. The third-order valence-electron chi connectivity index (χ3n) is 2.57. The van der Waals surface area contributed by atoms with Gasteiger partial charge in [0.1, 0.15) is 11.6 Å². The van der Waals surface area contributed by atoms with Crippen molar-refractivity contribution < 1.29 is 9.18 Å². The van der Waals surface area contributed by atoms with Crippen LogP contribution in [0.25, 0.3) is 0 Å². The monoisotopic (exact) mass is 322 g/mol. The van der Waals surface area contributed by atoms with Gasteiger partial charge >= 0.3 is 0 Å². The first-order valence-corrected chi connectivity index (χ1v) is 7.58. The maximum Gasteiger partial charge on any atom is 0.225 e. The smallest absolute Gasteiger partial charge is 0.225 e. The Balaban J connectivity index is 1.74. The molecule has 116 valence electrons. The van der Waals surface area contributed by atoms with E-state index in [4.69, 9.17) is 11.5 Å². The van der Waals surface area contributed by atoms with Gasteiger partial charge in [-0.25, -0.2) is 4.39 Å². The lowest BCUT2D eigenvalue weighted by Gasteiger charge is -2.06. The van der Waals surface area contributed by atoms with Crippen molar-refractivity contribution in [2.24, 2.45) is 0 Å². The number of nitrogens with zero attached hydrogens (tertiary/aromatic N) is 3. The van der Waals surface area contributed by atoms with Crippen LogP contribution in [0.5, 0.6) is 0 Å². The highest BCUT2D eigenvalue weighted by Gasteiger charge is 2.07. The van der Waals surface area contributed by atoms with E-state index in [1.54, 1.807) is 12.1 Å². The first-order valence-electron chi connectivity index (χ1n) is 6.42. The van der Waals surface area contributed by atoms with Gasteiger partial charge in [-0.05, 0) is 12.1 Å². The topological polar surface area (TPSA) is 120 Å². The molecule has 1 amide bonds. The van der Waals surface area contributed by atoms with Crippen LogP contribution in [0.2, 0.25) is 0 Å². The lowest BCUT2D eigenvalue weighted by Crippen LogP contribution is -2.13. The molecular weight excluding hydrogens is 307 g/mol. The van der Waals surface area contributed by atoms with Crippen LogP contribution in [-0.4, -0.2) is 26.6 Å². The van der Waals surface area contributed by atoms with Gasteiger partial charge in [0.25, 0.3) is 0 Å². The average molecular weight is 322 g/mol. The number of hydrogen-bond acceptors (Lipinski definition) is 7. The Morgan fingerprint density at radius 2 is 1.86 bits per heavy atom. The van der Waals surface area contributed by atoms with Crippen LogP contribution in [0.1, 0.15) is 12.2 Å². The second-order valence-electron chi connectivity index (χ2n) is 4.30. The molecule has 9 heteroatoms. The highest BCUT2D eigenvalue weighted by atomic mass is 32.2. The van der Waals surface area contributed by atoms with Crippen LogP contribution in [-0.2, 0) is 10.5 Å². The van der Waals surface area contributed by atoms with Crippen molar-refractivity contribution in [2.75, 3.05) is 22.5 Å². The molecular formula is C13H15FN6OS. The number of anilines is 3. The van der Waals surface area contributed by atoms with Crippen molar-refractivity contribution in [3.63, 3.8) is 0 Å². The van der Waals surface area contributed by atoms with Crippen LogP contribution in [0, 0.1) is 5.82 Å². The zero-order valence-electron chi connectivity index (χ0n) is 11.6. The second kappa shape index (κ2) is 7.55. The quantitative estimate of drug-likeness (QED) is 0.688. The molecule has 0 saturated carbocycles. The number of rotatable bonds is 6. The van der Waals surface area contributed by atoms with E-state index in [1.165, 1.54) is 23.9 Å². The van der Waals surface area contributed by atoms with Crippen LogP contribution in [0.15, 0.2) is 24.3 Å². The molecule has 2 aromatic rings. The van der Waals surface area contributed by atoms with E-state index in [0.717, 1.165) is 0 Å². The highest BCUT2D eigenvalue weighted by molar-refractivity contribution is 7.98. The number of carbonyl (C=O) groups is 1. The number of nitrogens with one attached hydrogen (secondary N) is 1. The van der Waals surface area contributed by atoms with Gasteiger partial charge in [-0.3, -0.25) is 4.79 Å². The molecule has 0 aliphatic carbocycles. The SMILES string of the molecule is Nc1nc(N)nc(CSCCC(=O)Nc2ccccc2F)n1. The predicted octanol–water partition coefficient (Wildman–Crippen LogP) is 1.44. The molecule has 2 rings (SSSR count). The van der Waals surface area contributed by atoms with Crippen molar-refractivity contribution in [3.8, 4) is 0 Å². The standard InChI is InChI=1S/C13H15FN6OS/c14-8-3-1-2-4-9(8)17-11(21)5-6-22-7-10-18-12(15)20-13(16)19-10/h1-4H,5-7H2,(H,17,21)(H4,15,16,18,19,20). The van der Waals surface area contributed by atoms with E-state index in [2.05, 4.69) is 20.3 Å².